The van der Waals surface area contributed by atoms with Crippen LogP contribution in [0.5, 0.6) is 5.75 Å². The fourth-order valence-corrected chi connectivity index (χ4v) is 1.43. The summed E-state index contributed by atoms with van der Waals surface area (Å²) in [4.78, 5) is 0. The predicted molar refractivity (Wildman–Crippen MR) is 66.6 cm³/mol. The predicted octanol–water partition coefficient (Wildman–Crippen LogP) is 3.08. The molecular formula is C12H18ClNO. The maximum absolute atomic E-state index is 6.03. The third-order valence-electron chi connectivity index (χ3n) is 2.22. The number of benzene rings is 1. The van der Waals surface area contributed by atoms with Crippen molar-refractivity contribution in [2.24, 2.45) is 5.73 Å². The summed E-state index contributed by atoms with van der Waals surface area (Å²) in [7, 11) is 1.67. The maximum atomic E-state index is 6.03. The van der Waals surface area contributed by atoms with E-state index < -0.39 is 0 Å². The number of methoxy groups -OCH3 is 1. The SMILES string of the molecule is C=CCC[C@H](N)c1ccccc1OC.Cl. The number of para-hydroxylation sites is 1. The van der Waals surface area contributed by atoms with E-state index in [1.807, 2.05) is 30.3 Å². The van der Waals surface area contributed by atoms with Crippen molar-refractivity contribution >= 4 is 12.4 Å². The van der Waals surface area contributed by atoms with E-state index in [0.29, 0.717) is 0 Å². The quantitative estimate of drug-likeness (QED) is 0.785. The van der Waals surface area contributed by atoms with E-state index in [2.05, 4.69) is 6.58 Å². The number of halogens is 1. The molecule has 1 atom stereocenters. The molecule has 0 bridgehead atoms. The third kappa shape index (κ3) is 3.94. The van der Waals surface area contributed by atoms with Crippen LogP contribution in [0.4, 0.5) is 0 Å². The van der Waals surface area contributed by atoms with Gasteiger partial charge in [0, 0.05) is 11.6 Å². The summed E-state index contributed by atoms with van der Waals surface area (Å²) in [6, 6.07) is 7.90. The Hall–Kier alpha value is -0.990. The molecule has 0 saturated carbocycles. The van der Waals surface area contributed by atoms with Crippen LogP contribution in [0.3, 0.4) is 0 Å². The van der Waals surface area contributed by atoms with Gasteiger partial charge in [0.15, 0.2) is 0 Å². The molecule has 0 spiro atoms. The molecule has 0 amide bonds. The first-order valence-electron chi connectivity index (χ1n) is 4.79. The molecule has 1 rings (SSSR count). The first kappa shape index (κ1) is 14.0. The Bertz CT molecular complexity index is 301. The Balaban J connectivity index is 0.00000196. The van der Waals surface area contributed by atoms with Crippen molar-refractivity contribution in [2.75, 3.05) is 7.11 Å². The zero-order valence-electron chi connectivity index (χ0n) is 8.98. The molecule has 1 aromatic carbocycles. The van der Waals surface area contributed by atoms with E-state index in [1.165, 1.54) is 0 Å². The number of rotatable bonds is 5. The molecule has 84 valence electrons. The van der Waals surface area contributed by atoms with Crippen molar-refractivity contribution in [2.45, 2.75) is 18.9 Å². The minimum Gasteiger partial charge on any atom is -0.496 e. The summed E-state index contributed by atoms with van der Waals surface area (Å²) in [5, 5.41) is 0. The van der Waals surface area contributed by atoms with Crippen molar-refractivity contribution in [3.63, 3.8) is 0 Å². The van der Waals surface area contributed by atoms with Crippen LogP contribution in [-0.4, -0.2) is 7.11 Å². The standard InChI is InChI=1S/C12H17NO.ClH/c1-3-4-8-11(13)10-7-5-6-9-12(10)14-2;/h3,5-7,9,11H,1,4,8,13H2,2H3;1H/t11-;/m0./s1. The highest BCUT2D eigenvalue weighted by Crippen LogP contribution is 2.25. The van der Waals surface area contributed by atoms with Gasteiger partial charge in [0.1, 0.15) is 5.75 Å². The first-order chi connectivity index (χ1) is 6.79. The lowest BCUT2D eigenvalue weighted by atomic mass is 10.0. The lowest BCUT2D eigenvalue weighted by Gasteiger charge is -2.14. The van der Waals surface area contributed by atoms with Crippen LogP contribution in [0.25, 0.3) is 0 Å². The normalized spacial score (nSPS) is 11.3. The van der Waals surface area contributed by atoms with Gasteiger partial charge in [-0.3, -0.25) is 0 Å². The topological polar surface area (TPSA) is 35.2 Å². The minimum absolute atomic E-state index is 0. The summed E-state index contributed by atoms with van der Waals surface area (Å²) in [6.45, 7) is 3.68. The van der Waals surface area contributed by atoms with Crippen molar-refractivity contribution in [3.05, 3.63) is 42.5 Å². The van der Waals surface area contributed by atoms with Gasteiger partial charge in [-0.1, -0.05) is 24.3 Å². The molecule has 2 nitrogen and oxygen atoms in total. The third-order valence-corrected chi connectivity index (χ3v) is 2.22. The fourth-order valence-electron chi connectivity index (χ4n) is 1.43. The molecule has 0 unspecified atom stereocenters. The summed E-state index contributed by atoms with van der Waals surface area (Å²) in [5.41, 5.74) is 7.10. The van der Waals surface area contributed by atoms with Crippen LogP contribution < -0.4 is 10.5 Å². The van der Waals surface area contributed by atoms with Gasteiger partial charge >= 0.3 is 0 Å². The summed E-state index contributed by atoms with van der Waals surface area (Å²) >= 11 is 0. The molecule has 3 heteroatoms. The van der Waals surface area contributed by atoms with Crippen molar-refractivity contribution in [1.29, 1.82) is 0 Å². The van der Waals surface area contributed by atoms with Crippen LogP contribution in [-0.2, 0) is 0 Å². The molecule has 0 radical (unpaired) electrons. The molecule has 0 aromatic heterocycles. The van der Waals surface area contributed by atoms with Gasteiger partial charge in [-0.05, 0) is 18.9 Å². The maximum Gasteiger partial charge on any atom is 0.123 e. The lowest BCUT2D eigenvalue weighted by molar-refractivity contribution is 0.404. The molecule has 0 saturated heterocycles. The van der Waals surface area contributed by atoms with Crippen LogP contribution in [0.2, 0.25) is 0 Å². The molecule has 0 aliphatic heterocycles. The molecule has 0 fully saturated rings. The second-order valence-corrected chi connectivity index (χ2v) is 3.21. The van der Waals surface area contributed by atoms with Crippen LogP contribution in [0.15, 0.2) is 36.9 Å². The van der Waals surface area contributed by atoms with Crippen molar-refractivity contribution in [1.82, 2.24) is 0 Å². The Morgan fingerprint density at radius 2 is 2.13 bits per heavy atom. The van der Waals surface area contributed by atoms with Crippen LogP contribution >= 0.6 is 12.4 Å². The Morgan fingerprint density at radius 3 is 2.73 bits per heavy atom. The largest absolute Gasteiger partial charge is 0.496 e. The van der Waals surface area contributed by atoms with Gasteiger partial charge < -0.3 is 10.5 Å². The Labute approximate surface area is 97.5 Å². The molecule has 0 aliphatic rings. The van der Waals surface area contributed by atoms with E-state index in [-0.39, 0.29) is 18.4 Å². The molecule has 0 aliphatic carbocycles. The molecule has 0 heterocycles. The van der Waals surface area contributed by atoms with Crippen LogP contribution in [0, 0.1) is 0 Å². The number of hydrogen-bond acceptors (Lipinski definition) is 2. The number of allylic oxidation sites excluding steroid dienone is 1. The van der Waals surface area contributed by atoms with E-state index in [9.17, 15) is 0 Å². The second-order valence-electron chi connectivity index (χ2n) is 3.21. The van der Waals surface area contributed by atoms with E-state index >= 15 is 0 Å². The van der Waals surface area contributed by atoms with Gasteiger partial charge in [0.25, 0.3) is 0 Å². The monoisotopic (exact) mass is 227 g/mol. The van der Waals surface area contributed by atoms with E-state index in [0.717, 1.165) is 24.2 Å². The van der Waals surface area contributed by atoms with Gasteiger partial charge in [-0.2, -0.15) is 0 Å². The summed E-state index contributed by atoms with van der Waals surface area (Å²) < 4.78 is 5.24. The highest BCUT2D eigenvalue weighted by molar-refractivity contribution is 5.85. The van der Waals surface area contributed by atoms with Gasteiger partial charge in [0.2, 0.25) is 0 Å². The lowest BCUT2D eigenvalue weighted by Crippen LogP contribution is -2.10. The Kier molecular flexibility index (Phi) is 6.84. The van der Waals surface area contributed by atoms with Crippen molar-refractivity contribution < 1.29 is 4.74 Å². The highest BCUT2D eigenvalue weighted by Gasteiger charge is 2.09. The number of hydrogen-bond donors (Lipinski definition) is 1. The van der Waals surface area contributed by atoms with Crippen molar-refractivity contribution in [3.8, 4) is 5.75 Å². The number of nitrogens with two attached hydrogens (primary N) is 1. The first-order valence-corrected chi connectivity index (χ1v) is 4.79. The van der Waals surface area contributed by atoms with Gasteiger partial charge in [-0.15, -0.1) is 19.0 Å². The van der Waals surface area contributed by atoms with Gasteiger partial charge in [-0.25, -0.2) is 0 Å². The molecular weight excluding hydrogens is 210 g/mol. The highest BCUT2D eigenvalue weighted by atomic mass is 35.5. The zero-order chi connectivity index (χ0) is 10.4. The second kappa shape index (κ2) is 7.32. The van der Waals surface area contributed by atoms with E-state index in [4.69, 9.17) is 10.5 Å². The molecule has 2 N–H and O–H groups in total. The molecule has 15 heavy (non-hydrogen) atoms. The zero-order valence-corrected chi connectivity index (χ0v) is 9.80. The number of ether oxygens (including phenoxy) is 1. The average molecular weight is 228 g/mol. The Morgan fingerprint density at radius 1 is 1.47 bits per heavy atom. The summed E-state index contributed by atoms with van der Waals surface area (Å²) in [5.74, 6) is 0.865. The van der Waals surface area contributed by atoms with Gasteiger partial charge in [0.05, 0.1) is 7.11 Å². The van der Waals surface area contributed by atoms with Crippen LogP contribution in [0.1, 0.15) is 24.4 Å². The average Bonchev–Trinajstić information content (AvgIpc) is 2.25. The van der Waals surface area contributed by atoms with E-state index in [1.54, 1.807) is 7.11 Å². The minimum atomic E-state index is 0. The fraction of sp³-hybridized carbons (Fsp3) is 0.333. The molecule has 1 aromatic rings. The summed E-state index contributed by atoms with van der Waals surface area (Å²) in [6.07, 6.45) is 3.72. The smallest absolute Gasteiger partial charge is 0.123 e.